The normalized spacial score (nSPS) is 20.4. The third-order valence-electron chi connectivity index (χ3n) is 1.55. The van der Waals surface area contributed by atoms with Crippen LogP contribution in [0.2, 0.25) is 0 Å². The molecule has 0 bridgehead atoms. The minimum atomic E-state index is -0.204. The Labute approximate surface area is 59.9 Å². The molecule has 10 heavy (non-hydrogen) atoms. The average molecular weight is 138 g/mol. The van der Waals surface area contributed by atoms with Crippen molar-refractivity contribution in [3.8, 4) is 0 Å². The summed E-state index contributed by atoms with van der Waals surface area (Å²) < 4.78 is 0. The van der Waals surface area contributed by atoms with Crippen molar-refractivity contribution in [2.45, 2.75) is 25.7 Å². The molecule has 2 heteroatoms. The molecule has 0 aliphatic heterocycles. The van der Waals surface area contributed by atoms with Crippen LogP contribution >= 0.6 is 0 Å². The summed E-state index contributed by atoms with van der Waals surface area (Å²) in [5.74, 6) is -0.409. The van der Waals surface area contributed by atoms with Crippen molar-refractivity contribution in [2.24, 2.45) is 0 Å². The number of rotatable bonds is 0. The van der Waals surface area contributed by atoms with Crippen molar-refractivity contribution in [2.75, 3.05) is 0 Å². The Morgan fingerprint density at radius 2 is 1.30 bits per heavy atom. The largest absolute Gasteiger partial charge is 0.291 e. The first kappa shape index (κ1) is 7.19. The molecule has 0 heterocycles. The van der Waals surface area contributed by atoms with Crippen LogP contribution < -0.4 is 0 Å². The van der Waals surface area contributed by atoms with E-state index in [0.29, 0.717) is 12.8 Å². The molecule has 1 rings (SSSR count). The molecule has 1 aliphatic carbocycles. The molecule has 0 fully saturated rings. The summed E-state index contributed by atoms with van der Waals surface area (Å²) in [6.45, 7) is 0. The first-order valence-corrected chi connectivity index (χ1v) is 3.52. The molecule has 0 aromatic carbocycles. The molecule has 0 N–H and O–H groups in total. The van der Waals surface area contributed by atoms with Gasteiger partial charge in [0.1, 0.15) is 0 Å². The first-order chi connectivity index (χ1) is 4.80. The molecule has 0 aromatic rings. The molecular weight excluding hydrogens is 128 g/mol. The van der Waals surface area contributed by atoms with Gasteiger partial charge in [-0.2, -0.15) is 0 Å². The maximum absolute atomic E-state index is 10.8. The van der Waals surface area contributed by atoms with E-state index in [4.69, 9.17) is 0 Å². The summed E-state index contributed by atoms with van der Waals surface area (Å²) in [5, 5.41) is 0. The van der Waals surface area contributed by atoms with Crippen LogP contribution in [-0.2, 0) is 9.59 Å². The lowest BCUT2D eigenvalue weighted by molar-refractivity contribution is -0.136. The summed E-state index contributed by atoms with van der Waals surface area (Å²) in [6, 6.07) is 0. The third-order valence-corrected chi connectivity index (χ3v) is 1.55. The number of carbonyl (C=O) groups excluding carboxylic acids is 2. The van der Waals surface area contributed by atoms with Crippen LogP contribution in [0.25, 0.3) is 0 Å². The molecule has 0 spiro atoms. The minimum absolute atomic E-state index is 0.204. The third kappa shape index (κ3) is 1.79. The van der Waals surface area contributed by atoms with Gasteiger partial charge in [0.05, 0.1) is 0 Å². The standard InChI is InChI=1S/C8H10O2/c9-7-5-3-1-2-4-6-8(7)10/h1-2H,3-6H2. The summed E-state index contributed by atoms with van der Waals surface area (Å²) in [4.78, 5) is 21.6. The second-order valence-corrected chi connectivity index (χ2v) is 2.40. The Balaban J connectivity index is 2.57. The molecule has 0 amide bonds. The first-order valence-electron chi connectivity index (χ1n) is 3.52. The van der Waals surface area contributed by atoms with E-state index in [9.17, 15) is 9.59 Å². The molecule has 0 atom stereocenters. The summed E-state index contributed by atoms with van der Waals surface area (Å²) >= 11 is 0. The van der Waals surface area contributed by atoms with Crippen molar-refractivity contribution < 1.29 is 9.59 Å². The van der Waals surface area contributed by atoms with Gasteiger partial charge in [0.2, 0.25) is 0 Å². The Bertz CT molecular complexity index is 160. The molecule has 0 unspecified atom stereocenters. The highest BCUT2D eigenvalue weighted by Gasteiger charge is 2.12. The number of ketones is 2. The zero-order valence-corrected chi connectivity index (χ0v) is 5.80. The van der Waals surface area contributed by atoms with Gasteiger partial charge in [0.25, 0.3) is 0 Å². The smallest absolute Gasteiger partial charge is 0.198 e. The summed E-state index contributed by atoms with van der Waals surface area (Å²) in [7, 11) is 0. The molecule has 2 nitrogen and oxygen atoms in total. The molecule has 0 aromatic heterocycles. The van der Waals surface area contributed by atoms with Gasteiger partial charge in [-0.05, 0) is 12.8 Å². The quantitative estimate of drug-likeness (QED) is 0.373. The maximum Gasteiger partial charge on any atom is 0.198 e. The van der Waals surface area contributed by atoms with E-state index in [1.807, 2.05) is 12.2 Å². The monoisotopic (exact) mass is 138 g/mol. The zero-order chi connectivity index (χ0) is 7.40. The molecule has 0 saturated heterocycles. The van der Waals surface area contributed by atoms with E-state index in [0.717, 1.165) is 12.8 Å². The zero-order valence-electron chi connectivity index (χ0n) is 5.80. The number of allylic oxidation sites excluding steroid dienone is 2. The van der Waals surface area contributed by atoms with Crippen molar-refractivity contribution >= 4 is 11.6 Å². The van der Waals surface area contributed by atoms with Crippen molar-refractivity contribution in [3.05, 3.63) is 12.2 Å². The number of hydrogen-bond acceptors (Lipinski definition) is 2. The van der Waals surface area contributed by atoms with Crippen LogP contribution in [0.3, 0.4) is 0 Å². The highest BCUT2D eigenvalue weighted by molar-refractivity contribution is 6.37. The van der Waals surface area contributed by atoms with E-state index in [-0.39, 0.29) is 11.6 Å². The lowest BCUT2D eigenvalue weighted by atomic mass is 10.0. The highest BCUT2D eigenvalue weighted by atomic mass is 16.2. The fourth-order valence-corrected chi connectivity index (χ4v) is 0.943. The van der Waals surface area contributed by atoms with Crippen LogP contribution in [0, 0.1) is 0 Å². The molecular formula is C8H10O2. The van der Waals surface area contributed by atoms with Crippen molar-refractivity contribution in [1.82, 2.24) is 0 Å². The van der Waals surface area contributed by atoms with E-state index in [1.54, 1.807) is 0 Å². The lowest BCUT2D eigenvalue weighted by Gasteiger charge is -1.99. The predicted molar refractivity (Wildman–Crippen MR) is 37.6 cm³/mol. The number of carbonyl (C=O) groups is 2. The molecule has 54 valence electrons. The van der Waals surface area contributed by atoms with Gasteiger partial charge >= 0.3 is 0 Å². The Hall–Kier alpha value is -0.920. The van der Waals surface area contributed by atoms with Crippen LogP contribution in [0.15, 0.2) is 12.2 Å². The average Bonchev–Trinajstić information content (AvgIpc) is 1.92. The van der Waals surface area contributed by atoms with Gasteiger partial charge in [0, 0.05) is 12.8 Å². The van der Waals surface area contributed by atoms with Crippen molar-refractivity contribution in [1.29, 1.82) is 0 Å². The Morgan fingerprint density at radius 1 is 0.900 bits per heavy atom. The molecule has 0 saturated carbocycles. The van der Waals surface area contributed by atoms with E-state index in [1.165, 1.54) is 0 Å². The molecule has 0 radical (unpaired) electrons. The van der Waals surface area contributed by atoms with E-state index in [2.05, 4.69) is 0 Å². The van der Waals surface area contributed by atoms with Gasteiger partial charge < -0.3 is 0 Å². The van der Waals surface area contributed by atoms with Gasteiger partial charge in [-0.25, -0.2) is 0 Å². The SMILES string of the molecule is O=C1CCC=CCCC1=O. The predicted octanol–water partition coefficient (Wildman–Crippen LogP) is 1.25. The number of hydrogen-bond donors (Lipinski definition) is 0. The van der Waals surface area contributed by atoms with Crippen molar-refractivity contribution in [3.63, 3.8) is 0 Å². The minimum Gasteiger partial charge on any atom is -0.291 e. The van der Waals surface area contributed by atoms with Crippen LogP contribution in [-0.4, -0.2) is 11.6 Å². The molecule has 1 aliphatic rings. The van der Waals surface area contributed by atoms with Crippen LogP contribution in [0.1, 0.15) is 25.7 Å². The summed E-state index contributed by atoms with van der Waals surface area (Å²) in [6.07, 6.45) is 6.18. The fourth-order valence-electron chi connectivity index (χ4n) is 0.943. The van der Waals surface area contributed by atoms with Gasteiger partial charge in [-0.3, -0.25) is 9.59 Å². The summed E-state index contributed by atoms with van der Waals surface area (Å²) in [5.41, 5.74) is 0. The van der Waals surface area contributed by atoms with Gasteiger partial charge in [0.15, 0.2) is 11.6 Å². The van der Waals surface area contributed by atoms with E-state index >= 15 is 0 Å². The van der Waals surface area contributed by atoms with Gasteiger partial charge in [-0.1, -0.05) is 12.2 Å². The maximum atomic E-state index is 10.8. The Morgan fingerprint density at radius 3 is 1.70 bits per heavy atom. The number of Topliss-reactive ketones (excluding diaryl/α,β-unsaturated/α-hetero) is 2. The highest BCUT2D eigenvalue weighted by Crippen LogP contribution is 2.04. The van der Waals surface area contributed by atoms with Gasteiger partial charge in [-0.15, -0.1) is 0 Å². The van der Waals surface area contributed by atoms with E-state index < -0.39 is 0 Å². The van der Waals surface area contributed by atoms with Crippen LogP contribution in [0.4, 0.5) is 0 Å². The topological polar surface area (TPSA) is 34.1 Å². The second kappa shape index (κ2) is 3.30. The van der Waals surface area contributed by atoms with Crippen LogP contribution in [0.5, 0.6) is 0 Å². The lowest BCUT2D eigenvalue weighted by Crippen LogP contribution is -2.13. The fraction of sp³-hybridized carbons (Fsp3) is 0.500. The second-order valence-electron chi connectivity index (χ2n) is 2.40. The Kier molecular flexibility index (Phi) is 2.37.